The molecular weight excluding hydrogens is 252 g/mol. The second-order valence-electron chi connectivity index (χ2n) is 4.64. The fourth-order valence-corrected chi connectivity index (χ4v) is 1.82. The maximum absolute atomic E-state index is 12.2. The van der Waals surface area contributed by atoms with Crippen molar-refractivity contribution in [1.29, 1.82) is 0 Å². The maximum Gasteiger partial charge on any atom is 0.339 e. The van der Waals surface area contributed by atoms with Crippen molar-refractivity contribution in [3.05, 3.63) is 5.70 Å². The first-order chi connectivity index (χ1) is 9.13. The van der Waals surface area contributed by atoms with Crippen molar-refractivity contribution in [2.45, 2.75) is 12.5 Å². The van der Waals surface area contributed by atoms with Crippen molar-refractivity contribution in [2.75, 3.05) is 26.2 Å². The van der Waals surface area contributed by atoms with E-state index < -0.39 is 24.0 Å². The van der Waals surface area contributed by atoms with E-state index >= 15 is 0 Å². The smallest absolute Gasteiger partial charge is 0.320 e. The molecule has 1 atom stereocenters. The summed E-state index contributed by atoms with van der Waals surface area (Å²) in [4.78, 5) is 50.0. The van der Waals surface area contributed by atoms with E-state index in [1.165, 1.54) is 4.90 Å². The van der Waals surface area contributed by atoms with Gasteiger partial charge in [0.25, 0.3) is 5.91 Å². The van der Waals surface area contributed by atoms with Crippen molar-refractivity contribution < 1.29 is 19.2 Å². The van der Waals surface area contributed by atoms with Gasteiger partial charge in [0.15, 0.2) is 0 Å². The van der Waals surface area contributed by atoms with E-state index in [-0.39, 0.29) is 5.70 Å². The molecule has 3 aliphatic rings. The molecule has 0 aliphatic carbocycles. The van der Waals surface area contributed by atoms with Crippen LogP contribution in [0.1, 0.15) is 6.42 Å². The first kappa shape index (κ1) is 11.9. The van der Waals surface area contributed by atoms with Crippen LogP contribution < -0.4 is 5.32 Å². The Morgan fingerprint density at radius 3 is 2.32 bits per heavy atom. The number of urea groups is 2. The molecule has 100 valence electrons. The van der Waals surface area contributed by atoms with E-state index in [1.54, 1.807) is 5.94 Å². The molecule has 1 N–H and O–H groups in total. The standard InChI is InChI=1S/C11H12N4O4/c16-6-7-1-2-14(7)11(19)15(9(17)8-5-12-8)10(18)13-3-4-13/h8,12H,1-5H2. The normalized spacial score (nSPS) is 23.4. The molecule has 0 aromatic rings. The van der Waals surface area contributed by atoms with Gasteiger partial charge in [-0.3, -0.25) is 9.69 Å². The van der Waals surface area contributed by atoms with Gasteiger partial charge in [-0.1, -0.05) is 0 Å². The number of nitrogens with one attached hydrogen (secondary N) is 1. The number of likely N-dealkylation sites (tertiary alicyclic amines) is 1. The lowest BCUT2D eigenvalue weighted by atomic mass is 10.1. The minimum Gasteiger partial charge on any atom is -0.320 e. The van der Waals surface area contributed by atoms with Crippen molar-refractivity contribution in [2.24, 2.45) is 0 Å². The van der Waals surface area contributed by atoms with Crippen LogP contribution in [-0.4, -0.2) is 70.8 Å². The van der Waals surface area contributed by atoms with Crippen LogP contribution in [-0.2, 0) is 9.59 Å². The molecule has 5 amide bonds. The quantitative estimate of drug-likeness (QED) is 0.472. The highest BCUT2D eigenvalue weighted by Gasteiger charge is 2.46. The molecule has 19 heavy (non-hydrogen) atoms. The van der Waals surface area contributed by atoms with Gasteiger partial charge < -0.3 is 10.2 Å². The zero-order chi connectivity index (χ0) is 13.6. The van der Waals surface area contributed by atoms with Crippen molar-refractivity contribution in [3.8, 4) is 0 Å². The Kier molecular flexibility index (Phi) is 2.62. The number of hydrogen-bond donors (Lipinski definition) is 1. The monoisotopic (exact) mass is 264 g/mol. The van der Waals surface area contributed by atoms with Crippen LogP contribution in [0.3, 0.4) is 0 Å². The number of rotatable bonds is 1. The lowest BCUT2D eigenvalue weighted by Gasteiger charge is -2.34. The van der Waals surface area contributed by atoms with Gasteiger partial charge in [0.05, 0.1) is 0 Å². The largest absolute Gasteiger partial charge is 0.339 e. The van der Waals surface area contributed by atoms with E-state index in [0.29, 0.717) is 37.5 Å². The lowest BCUT2D eigenvalue weighted by Crippen LogP contribution is -2.55. The summed E-state index contributed by atoms with van der Waals surface area (Å²) < 4.78 is 0. The number of carbonyl (C=O) groups is 3. The highest BCUT2D eigenvalue weighted by molar-refractivity contribution is 6.13. The summed E-state index contributed by atoms with van der Waals surface area (Å²) in [5.41, 5.74) is 0.185. The van der Waals surface area contributed by atoms with Gasteiger partial charge in [0, 0.05) is 32.6 Å². The van der Waals surface area contributed by atoms with Gasteiger partial charge in [0.1, 0.15) is 17.7 Å². The number of carbonyl (C=O) groups excluding carboxylic acids is 4. The van der Waals surface area contributed by atoms with E-state index in [9.17, 15) is 19.2 Å². The SMILES string of the molecule is O=C=C1CCN1C(=O)N(C(=O)C1CN1)C(=O)N1CC1. The van der Waals surface area contributed by atoms with Crippen LogP contribution >= 0.6 is 0 Å². The van der Waals surface area contributed by atoms with Crippen LogP contribution in [0.2, 0.25) is 0 Å². The van der Waals surface area contributed by atoms with Crippen LogP contribution in [0, 0.1) is 0 Å². The average Bonchev–Trinajstić information content (AvgIpc) is 3.18. The number of imide groups is 3. The van der Waals surface area contributed by atoms with E-state index in [2.05, 4.69) is 5.32 Å². The topological polar surface area (TPSA) is 99.7 Å². The first-order valence-electron chi connectivity index (χ1n) is 6.05. The molecule has 3 saturated heterocycles. The molecule has 8 nitrogen and oxygen atoms in total. The summed E-state index contributed by atoms with van der Waals surface area (Å²) in [6.07, 6.45) is 0.441. The molecule has 0 saturated carbocycles. The predicted molar refractivity (Wildman–Crippen MR) is 61.5 cm³/mol. The average molecular weight is 264 g/mol. The molecule has 8 heteroatoms. The third kappa shape index (κ3) is 2.00. The molecule has 0 radical (unpaired) electrons. The Hall–Kier alpha value is -2.18. The molecule has 1 unspecified atom stereocenters. The van der Waals surface area contributed by atoms with Gasteiger partial charge in [-0.05, 0) is 0 Å². The molecule has 3 aliphatic heterocycles. The van der Waals surface area contributed by atoms with Crippen LogP contribution in [0.15, 0.2) is 5.70 Å². The maximum atomic E-state index is 12.2. The highest BCUT2D eigenvalue weighted by Crippen LogP contribution is 2.23. The minimum absolute atomic E-state index is 0.185. The second-order valence-corrected chi connectivity index (χ2v) is 4.64. The second kappa shape index (κ2) is 4.18. The summed E-state index contributed by atoms with van der Waals surface area (Å²) in [5, 5.41) is 2.77. The Bertz CT molecular complexity index is 493. The number of nitrogens with zero attached hydrogens (tertiary/aromatic N) is 3. The Morgan fingerprint density at radius 2 is 1.89 bits per heavy atom. The van der Waals surface area contributed by atoms with Crippen molar-refractivity contribution >= 4 is 23.9 Å². The van der Waals surface area contributed by atoms with Crippen molar-refractivity contribution in [1.82, 2.24) is 20.0 Å². The van der Waals surface area contributed by atoms with Gasteiger partial charge >= 0.3 is 12.1 Å². The predicted octanol–water partition coefficient (Wildman–Crippen LogP) is -1.24. The van der Waals surface area contributed by atoms with Crippen LogP contribution in [0.4, 0.5) is 9.59 Å². The first-order valence-corrected chi connectivity index (χ1v) is 6.05. The third-order valence-corrected chi connectivity index (χ3v) is 3.27. The van der Waals surface area contributed by atoms with E-state index in [1.807, 2.05) is 0 Å². The van der Waals surface area contributed by atoms with E-state index in [4.69, 9.17) is 0 Å². The summed E-state index contributed by atoms with van der Waals surface area (Å²) in [6, 6.07) is -1.83. The summed E-state index contributed by atoms with van der Waals surface area (Å²) >= 11 is 0. The fourth-order valence-electron chi connectivity index (χ4n) is 1.82. The molecule has 3 heterocycles. The molecule has 0 aromatic heterocycles. The highest BCUT2D eigenvalue weighted by atomic mass is 16.2. The molecular formula is C11H12N4O4. The molecule has 0 bridgehead atoms. The summed E-state index contributed by atoms with van der Waals surface area (Å²) in [7, 11) is 0. The Labute approximate surface area is 108 Å². The third-order valence-electron chi connectivity index (χ3n) is 3.27. The molecule has 3 rings (SSSR count). The van der Waals surface area contributed by atoms with Crippen LogP contribution in [0.5, 0.6) is 0 Å². The van der Waals surface area contributed by atoms with Gasteiger partial charge in [-0.15, -0.1) is 0 Å². The van der Waals surface area contributed by atoms with Gasteiger partial charge in [-0.25, -0.2) is 14.4 Å². The molecule has 0 aromatic carbocycles. The van der Waals surface area contributed by atoms with E-state index in [0.717, 1.165) is 4.90 Å². The Morgan fingerprint density at radius 1 is 1.21 bits per heavy atom. The lowest BCUT2D eigenvalue weighted by molar-refractivity contribution is -0.126. The summed E-state index contributed by atoms with van der Waals surface area (Å²) in [5.74, 6) is 1.09. The Balaban J connectivity index is 1.81. The number of amides is 5. The van der Waals surface area contributed by atoms with Gasteiger partial charge in [0.2, 0.25) is 0 Å². The number of hydrogen-bond acceptors (Lipinski definition) is 5. The molecule has 0 spiro atoms. The minimum atomic E-state index is -0.750. The molecule has 3 fully saturated rings. The van der Waals surface area contributed by atoms with Crippen molar-refractivity contribution in [3.63, 3.8) is 0 Å². The summed E-state index contributed by atoms with van der Waals surface area (Å²) in [6.45, 7) is 1.89. The van der Waals surface area contributed by atoms with Gasteiger partial charge in [-0.2, -0.15) is 4.90 Å². The van der Waals surface area contributed by atoms with Crippen LogP contribution in [0.25, 0.3) is 0 Å². The zero-order valence-electron chi connectivity index (χ0n) is 10.1. The zero-order valence-corrected chi connectivity index (χ0v) is 10.1. The fraction of sp³-hybridized carbons (Fsp3) is 0.545.